The quantitative estimate of drug-likeness (QED) is 0.278. The maximum absolute atomic E-state index is 12.9. The first kappa shape index (κ1) is 22.3. The molecule has 0 spiro atoms. The molecule has 1 atom stereocenters. The molecule has 9 nitrogen and oxygen atoms in total. The van der Waals surface area contributed by atoms with Crippen LogP contribution in [0.1, 0.15) is 32.6 Å². The highest BCUT2D eigenvalue weighted by Gasteiger charge is 2.15. The molecular weight excluding hydrogens is 438 g/mol. The van der Waals surface area contributed by atoms with Crippen LogP contribution in [0.15, 0.2) is 54.7 Å². The van der Waals surface area contributed by atoms with Gasteiger partial charge in [-0.15, -0.1) is 11.3 Å². The molecule has 2 heterocycles. The number of nitrogens with two attached hydrogens (primary N) is 2. The number of aromatic nitrogens is 3. The van der Waals surface area contributed by atoms with E-state index in [1.165, 1.54) is 17.5 Å². The number of benzene rings is 2. The van der Waals surface area contributed by atoms with Crippen LogP contribution in [0.2, 0.25) is 0 Å². The fourth-order valence-electron chi connectivity index (χ4n) is 3.14. The van der Waals surface area contributed by atoms with Gasteiger partial charge < -0.3 is 22.1 Å². The lowest BCUT2D eigenvalue weighted by molar-refractivity contribution is 0.0987. The number of carbonyl (C=O) groups excluding carboxylic acids is 2. The first-order chi connectivity index (χ1) is 15.9. The van der Waals surface area contributed by atoms with Crippen LogP contribution in [-0.2, 0) is 6.42 Å². The minimum atomic E-state index is -0.667. The van der Waals surface area contributed by atoms with Crippen LogP contribution in [-0.4, -0.2) is 39.2 Å². The number of para-hydroxylation sites is 1. The van der Waals surface area contributed by atoms with Crippen molar-refractivity contribution in [1.29, 1.82) is 0 Å². The predicted molar refractivity (Wildman–Crippen MR) is 130 cm³/mol. The summed E-state index contributed by atoms with van der Waals surface area (Å²) in [5.74, 6) is -0.183. The number of rotatable bonds is 9. The van der Waals surface area contributed by atoms with Crippen molar-refractivity contribution in [1.82, 2.24) is 15.0 Å². The molecule has 2 aromatic carbocycles. The van der Waals surface area contributed by atoms with Crippen LogP contribution < -0.4 is 22.1 Å². The van der Waals surface area contributed by atoms with Gasteiger partial charge in [-0.25, -0.2) is 9.97 Å². The van der Waals surface area contributed by atoms with E-state index < -0.39 is 5.91 Å². The third-order valence-electron chi connectivity index (χ3n) is 4.73. The Bertz CT molecular complexity index is 1290. The zero-order chi connectivity index (χ0) is 23.4. The summed E-state index contributed by atoms with van der Waals surface area (Å²) in [4.78, 5) is 37.7. The van der Waals surface area contributed by atoms with Crippen molar-refractivity contribution in [2.45, 2.75) is 19.4 Å². The number of primary amides is 1. The number of carbonyl (C=O) groups is 2. The fourth-order valence-corrected chi connectivity index (χ4v) is 4.10. The summed E-state index contributed by atoms with van der Waals surface area (Å²) in [5, 5.41) is 6.84. The summed E-state index contributed by atoms with van der Waals surface area (Å²) in [6, 6.07) is 14.7. The molecule has 0 saturated carbocycles. The summed E-state index contributed by atoms with van der Waals surface area (Å²) >= 11 is 1.51. The van der Waals surface area contributed by atoms with Gasteiger partial charge in [0.15, 0.2) is 5.78 Å². The summed E-state index contributed by atoms with van der Waals surface area (Å²) in [6.45, 7) is 2.31. The van der Waals surface area contributed by atoms with E-state index in [1.54, 1.807) is 24.3 Å². The Morgan fingerprint density at radius 3 is 2.70 bits per heavy atom. The van der Waals surface area contributed by atoms with Gasteiger partial charge in [-0.1, -0.05) is 24.3 Å². The van der Waals surface area contributed by atoms with E-state index in [0.717, 1.165) is 15.2 Å². The van der Waals surface area contributed by atoms with E-state index in [1.807, 2.05) is 31.2 Å². The molecule has 168 valence electrons. The van der Waals surface area contributed by atoms with Gasteiger partial charge in [-0.2, -0.15) is 4.98 Å². The fraction of sp³-hybridized carbons (Fsp3) is 0.174. The van der Waals surface area contributed by atoms with Gasteiger partial charge in [0.1, 0.15) is 16.4 Å². The van der Waals surface area contributed by atoms with Crippen molar-refractivity contribution in [2.75, 3.05) is 17.2 Å². The van der Waals surface area contributed by atoms with E-state index in [2.05, 4.69) is 25.6 Å². The Morgan fingerprint density at radius 2 is 1.94 bits per heavy atom. The van der Waals surface area contributed by atoms with Crippen LogP contribution in [0.4, 0.5) is 17.5 Å². The molecule has 4 aromatic rings. The lowest BCUT2D eigenvalue weighted by Crippen LogP contribution is -2.26. The Kier molecular flexibility index (Phi) is 6.57. The van der Waals surface area contributed by atoms with Crippen LogP contribution in [0, 0.1) is 0 Å². The molecule has 10 heteroatoms. The smallest absolute Gasteiger partial charge is 0.254 e. The predicted octanol–water partition coefficient (Wildman–Crippen LogP) is 3.11. The monoisotopic (exact) mass is 461 g/mol. The Hall–Kier alpha value is -3.89. The zero-order valence-electron chi connectivity index (χ0n) is 17.9. The SMILES string of the molecule is C[C@H](N)CNc1ncc(C(N)=O)c(Nc2cccc(C(=O)Cc3nc4ccccc4s3)c2)n1. The number of Topliss-reactive ketones (excluding diaryl/α,β-unsaturated/α-hetero) is 1. The minimum Gasteiger partial charge on any atom is -0.365 e. The molecule has 0 bridgehead atoms. The van der Waals surface area contributed by atoms with Crippen molar-refractivity contribution in [3.8, 4) is 0 Å². The maximum atomic E-state index is 12.9. The van der Waals surface area contributed by atoms with E-state index in [-0.39, 0.29) is 29.6 Å². The topological polar surface area (TPSA) is 149 Å². The zero-order valence-corrected chi connectivity index (χ0v) is 18.7. The van der Waals surface area contributed by atoms with Gasteiger partial charge in [0.2, 0.25) is 5.95 Å². The molecule has 0 aliphatic heterocycles. The molecule has 1 amide bonds. The van der Waals surface area contributed by atoms with E-state index >= 15 is 0 Å². The Morgan fingerprint density at radius 1 is 1.12 bits per heavy atom. The number of fused-ring (bicyclic) bond motifs is 1. The second-order valence-corrected chi connectivity index (χ2v) is 8.67. The largest absolute Gasteiger partial charge is 0.365 e. The normalized spacial score (nSPS) is 11.8. The van der Waals surface area contributed by atoms with Gasteiger partial charge in [0, 0.05) is 30.0 Å². The average molecular weight is 462 g/mol. The lowest BCUT2D eigenvalue weighted by Gasteiger charge is -2.13. The standard InChI is InChI=1S/C23H23N7O2S/c1-13(24)11-26-23-27-12-16(21(25)32)22(30-23)28-15-6-4-5-14(9-15)18(31)10-20-29-17-7-2-3-8-19(17)33-20/h2-9,12-13H,10-11,24H2,1H3,(H2,25,32)(H2,26,27,28,30)/t13-/m0/s1. The molecular formula is C23H23N7O2S. The number of amides is 1. The van der Waals surface area contributed by atoms with Crippen molar-refractivity contribution < 1.29 is 9.59 Å². The number of nitrogens with one attached hydrogen (secondary N) is 2. The first-order valence-corrected chi connectivity index (χ1v) is 11.1. The highest BCUT2D eigenvalue weighted by molar-refractivity contribution is 7.18. The number of hydrogen-bond acceptors (Lipinski definition) is 9. The number of ketones is 1. The lowest BCUT2D eigenvalue weighted by atomic mass is 10.1. The number of hydrogen-bond donors (Lipinski definition) is 4. The third kappa shape index (κ3) is 5.48. The second kappa shape index (κ2) is 9.72. The number of nitrogens with zero attached hydrogens (tertiary/aromatic N) is 3. The maximum Gasteiger partial charge on any atom is 0.254 e. The average Bonchev–Trinajstić information content (AvgIpc) is 3.20. The number of anilines is 3. The Labute approximate surface area is 194 Å². The summed E-state index contributed by atoms with van der Waals surface area (Å²) in [7, 11) is 0. The third-order valence-corrected chi connectivity index (χ3v) is 5.77. The molecule has 0 aliphatic carbocycles. The molecule has 33 heavy (non-hydrogen) atoms. The van der Waals surface area contributed by atoms with Crippen molar-refractivity contribution >= 4 is 50.7 Å². The second-order valence-electron chi connectivity index (χ2n) is 7.56. The van der Waals surface area contributed by atoms with Gasteiger partial charge in [-0.3, -0.25) is 9.59 Å². The van der Waals surface area contributed by atoms with Gasteiger partial charge in [0.05, 0.1) is 16.6 Å². The van der Waals surface area contributed by atoms with Crippen LogP contribution in [0.5, 0.6) is 0 Å². The molecule has 2 aromatic heterocycles. The van der Waals surface area contributed by atoms with Gasteiger partial charge in [-0.05, 0) is 31.2 Å². The van der Waals surface area contributed by atoms with Gasteiger partial charge in [0.25, 0.3) is 5.91 Å². The molecule has 0 unspecified atom stereocenters. The molecule has 0 radical (unpaired) electrons. The highest BCUT2D eigenvalue weighted by atomic mass is 32.1. The molecule has 0 fully saturated rings. The molecule has 6 N–H and O–H groups in total. The van der Waals surface area contributed by atoms with Gasteiger partial charge >= 0.3 is 0 Å². The minimum absolute atomic E-state index is 0.0604. The van der Waals surface area contributed by atoms with Crippen LogP contribution >= 0.6 is 11.3 Å². The van der Waals surface area contributed by atoms with E-state index in [0.29, 0.717) is 23.7 Å². The highest BCUT2D eigenvalue weighted by Crippen LogP contribution is 2.24. The first-order valence-electron chi connectivity index (χ1n) is 10.3. The van der Waals surface area contributed by atoms with E-state index in [9.17, 15) is 9.59 Å². The summed E-state index contributed by atoms with van der Waals surface area (Å²) in [5.41, 5.74) is 13.4. The van der Waals surface area contributed by atoms with Crippen LogP contribution in [0.25, 0.3) is 10.2 Å². The molecule has 0 aliphatic rings. The molecule has 0 saturated heterocycles. The van der Waals surface area contributed by atoms with Crippen molar-refractivity contribution in [2.24, 2.45) is 11.5 Å². The van der Waals surface area contributed by atoms with E-state index in [4.69, 9.17) is 11.5 Å². The van der Waals surface area contributed by atoms with Crippen molar-refractivity contribution in [3.05, 3.63) is 70.9 Å². The Balaban J connectivity index is 1.54. The summed E-state index contributed by atoms with van der Waals surface area (Å²) < 4.78 is 1.05. The van der Waals surface area contributed by atoms with Crippen LogP contribution in [0.3, 0.4) is 0 Å². The van der Waals surface area contributed by atoms with Crippen molar-refractivity contribution in [3.63, 3.8) is 0 Å². The molecule has 4 rings (SSSR count). The summed E-state index contributed by atoms with van der Waals surface area (Å²) in [6.07, 6.45) is 1.55. The number of thiazole rings is 1.